The van der Waals surface area contributed by atoms with Crippen molar-refractivity contribution in [3.8, 4) is 5.75 Å². The van der Waals surface area contributed by atoms with Crippen LogP contribution >= 0.6 is 0 Å². The number of nitrogens with one attached hydrogen (secondary N) is 2. The van der Waals surface area contributed by atoms with Crippen molar-refractivity contribution < 1.29 is 14.2 Å². The van der Waals surface area contributed by atoms with E-state index in [4.69, 9.17) is 14.2 Å². The molecule has 2 rings (SSSR count). The molecule has 0 aromatic heterocycles. The zero-order valence-electron chi connectivity index (χ0n) is 15.4. The van der Waals surface area contributed by atoms with Crippen molar-refractivity contribution in [2.45, 2.75) is 19.3 Å². The summed E-state index contributed by atoms with van der Waals surface area (Å²) in [6.07, 6.45) is 3.03. The minimum absolute atomic E-state index is 0.584. The van der Waals surface area contributed by atoms with Crippen molar-refractivity contribution in [3.05, 3.63) is 29.8 Å². The molecule has 6 nitrogen and oxygen atoms in total. The summed E-state index contributed by atoms with van der Waals surface area (Å²) in [4.78, 5) is 4.24. The van der Waals surface area contributed by atoms with Gasteiger partial charge in [-0.2, -0.15) is 0 Å². The molecule has 1 aromatic rings. The predicted molar refractivity (Wildman–Crippen MR) is 100 cm³/mol. The standard InChI is InChI=1S/C19H31N3O3/c1-20-19(21-10-3-12-24-14-17-9-13-25-15-17)22-11-8-16-4-6-18(23-2)7-5-16/h4-7,17H,3,8-15H2,1-2H3,(H2,20,21,22). The molecule has 1 aliphatic rings. The molecule has 2 N–H and O–H groups in total. The van der Waals surface area contributed by atoms with E-state index < -0.39 is 0 Å². The van der Waals surface area contributed by atoms with Crippen LogP contribution in [0.25, 0.3) is 0 Å². The lowest BCUT2D eigenvalue weighted by Gasteiger charge is -2.13. The molecule has 0 bridgehead atoms. The SMILES string of the molecule is CN=C(NCCCOCC1CCOC1)NCCc1ccc(OC)cc1. The van der Waals surface area contributed by atoms with Crippen LogP contribution in [0, 0.1) is 5.92 Å². The zero-order chi connectivity index (χ0) is 17.7. The summed E-state index contributed by atoms with van der Waals surface area (Å²) >= 11 is 0. The van der Waals surface area contributed by atoms with Gasteiger partial charge in [0.2, 0.25) is 0 Å². The van der Waals surface area contributed by atoms with E-state index in [2.05, 4.69) is 27.8 Å². The van der Waals surface area contributed by atoms with Crippen molar-refractivity contribution in [3.63, 3.8) is 0 Å². The van der Waals surface area contributed by atoms with Crippen LogP contribution in [-0.2, 0) is 15.9 Å². The number of benzene rings is 1. The minimum Gasteiger partial charge on any atom is -0.497 e. The van der Waals surface area contributed by atoms with Gasteiger partial charge in [0.1, 0.15) is 5.75 Å². The highest BCUT2D eigenvalue weighted by Gasteiger charge is 2.15. The molecule has 140 valence electrons. The Morgan fingerprint density at radius 1 is 1.24 bits per heavy atom. The highest BCUT2D eigenvalue weighted by atomic mass is 16.5. The van der Waals surface area contributed by atoms with Gasteiger partial charge in [-0.15, -0.1) is 0 Å². The van der Waals surface area contributed by atoms with E-state index in [9.17, 15) is 0 Å². The summed E-state index contributed by atoms with van der Waals surface area (Å²) in [5.41, 5.74) is 1.27. The van der Waals surface area contributed by atoms with Gasteiger partial charge in [0.25, 0.3) is 0 Å². The Kier molecular flexibility index (Phi) is 9.15. The number of aliphatic imine (C=N–C) groups is 1. The quantitative estimate of drug-likeness (QED) is 0.383. The van der Waals surface area contributed by atoms with E-state index in [0.717, 1.165) is 70.5 Å². The van der Waals surface area contributed by atoms with Crippen LogP contribution in [0.4, 0.5) is 0 Å². The van der Waals surface area contributed by atoms with Crippen molar-refractivity contribution in [1.29, 1.82) is 0 Å². The van der Waals surface area contributed by atoms with Gasteiger partial charge < -0.3 is 24.8 Å². The normalized spacial score (nSPS) is 17.5. The highest BCUT2D eigenvalue weighted by molar-refractivity contribution is 5.79. The first-order valence-corrected chi connectivity index (χ1v) is 9.04. The van der Waals surface area contributed by atoms with Crippen LogP contribution < -0.4 is 15.4 Å². The fourth-order valence-corrected chi connectivity index (χ4v) is 2.68. The van der Waals surface area contributed by atoms with E-state index in [-0.39, 0.29) is 0 Å². The van der Waals surface area contributed by atoms with Crippen LogP contribution in [0.2, 0.25) is 0 Å². The summed E-state index contributed by atoms with van der Waals surface area (Å²) in [5.74, 6) is 2.30. The molecular weight excluding hydrogens is 318 g/mol. The Balaban J connectivity index is 1.51. The maximum Gasteiger partial charge on any atom is 0.190 e. The Morgan fingerprint density at radius 2 is 2.04 bits per heavy atom. The summed E-state index contributed by atoms with van der Waals surface area (Å²) in [7, 11) is 3.47. The van der Waals surface area contributed by atoms with E-state index in [1.807, 2.05) is 12.1 Å². The van der Waals surface area contributed by atoms with Crippen molar-refractivity contribution in [1.82, 2.24) is 10.6 Å². The van der Waals surface area contributed by atoms with E-state index in [1.54, 1.807) is 14.2 Å². The molecule has 1 saturated heterocycles. The number of hydrogen-bond donors (Lipinski definition) is 2. The molecule has 0 saturated carbocycles. The lowest BCUT2D eigenvalue weighted by molar-refractivity contribution is 0.0888. The first kappa shape index (κ1) is 19.5. The third-order valence-electron chi connectivity index (χ3n) is 4.22. The Bertz CT molecular complexity index is 499. The number of hydrogen-bond acceptors (Lipinski definition) is 4. The maximum atomic E-state index is 5.70. The Hall–Kier alpha value is -1.79. The van der Waals surface area contributed by atoms with E-state index in [0.29, 0.717) is 5.92 Å². The van der Waals surface area contributed by atoms with Crippen LogP contribution in [0.5, 0.6) is 5.75 Å². The smallest absolute Gasteiger partial charge is 0.190 e. The van der Waals surface area contributed by atoms with Gasteiger partial charge >= 0.3 is 0 Å². The Labute approximate surface area is 151 Å². The fraction of sp³-hybridized carbons (Fsp3) is 0.632. The van der Waals surface area contributed by atoms with Crippen LogP contribution in [0.1, 0.15) is 18.4 Å². The second-order valence-electron chi connectivity index (χ2n) is 6.18. The molecule has 1 fully saturated rings. The molecule has 0 amide bonds. The average Bonchev–Trinajstić information content (AvgIpc) is 3.17. The largest absolute Gasteiger partial charge is 0.497 e. The molecule has 1 aliphatic heterocycles. The predicted octanol–water partition coefficient (Wildman–Crippen LogP) is 1.85. The molecule has 1 unspecified atom stereocenters. The lowest BCUT2D eigenvalue weighted by Crippen LogP contribution is -2.39. The van der Waals surface area contributed by atoms with Gasteiger partial charge in [-0.05, 0) is 37.0 Å². The lowest BCUT2D eigenvalue weighted by atomic mass is 10.1. The molecule has 0 radical (unpaired) electrons. The second-order valence-corrected chi connectivity index (χ2v) is 6.18. The number of rotatable bonds is 10. The summed E-state index contributed by atoms with van der Waals surface area (Å²) in [6, 6.07) is 8.15. The number of ether oxygens (including phenoxy) is 3. The highest BCUT2D eigenvalue weighted by Crippen LogP contribution is 2.12. The molecule has 1 aromatic carbocycles. The Morgan fingerprint density at radius 3 is 2.72 bits per heavy atom. The maximum absolute atomic E-state index is 5.70. The molecular formula is C19H31N3O3. The van der Waals surface area contributed by atoms with Gasteiger partial charge in [0.15, 0.2) is 5.96 Å². The molecule has 6 heteroatoms. The molecule has 0 aliphatic carbocycles. The third kappa shape index (κ3) is 7.75. The van der Waals surface area contributed by atoms with Crippen molar-refractivity contribution in [2.75, 3.05) is 53.7 Å². The second kappa shape index (κ2) is 11.7. The van der Waals surface area contributed by atoms with Gasteiger partial charge in [-0.25, -0.2) is 0 Å². The van der Waals surface area contributed by atoms with Crippen LogP contribution in [0.3, 0.4) is 0 Å². The molecule has 0 spiro atoms. The average molecular weight is 349 g/mol. The molecule has 25 heavy (non-hydrogen) atoms. The minimum atomic E-state index is 0.584. The van der Waals surface area contributed by atoms with E-state index >= 15 is 0 Å². The van der Waals surface area contributed by atoms with E-state index in [1.165, 1.54) is 5.56 Å². The number of methoxy groups -OCH3 is 1. The molecule has 1 heterocycles. The van der Waals surface area contributed by atoms with Gasteiger partial charge in [0, 0.05) is 39.3 Å². The molecule has 1 atom stereocenters. The summed E-state index contributed by atoms with van der Waals surface area (Å²) in [6.45, 7) is 5.01. The van der Waals surface area contributed by atoms with Crippen LogP contribution in [0.15, 0.2) is 29.3 Å². The zero-order valence-corrected chi connectivity index (χ0v) is 15.4. The van der Waals surface area contributed by atoms with Crippen molar-refractivity contribution >= 4 is 5.96 Å². The first-order valence-electron chi connectivity index (χ1n) is 9.04. The fourth-order valence-electron chi connectivity index (χ4n) is 2.68. The summed E-state index contributed by atoms with van der Waals surface area (Å²) < 4.78 is 16.2. The first-order chi connectivity index (χ1) is 12.3. The monoisotopic (exact) mass is 349 g/mol. The van der Waals surface area contributed by atoms with Crippen LogP contribution in [-0.4, -0.2) is 59.6 Å². The van der Waals surface area contributed by atoms with Gasteiger partial charge in [0.05, 0.1) is 20.3 Å². The third-order valence-corrected chi connectivity index (χ3v) is 4.22. The summed E-state index contributed by atoms with van der Waals surface area (Å²) in [5, 5.41) is 6.65. The number of guanidine groups is 1. The van der Waals surface area contributed by atoms with Gasteiger partial charge in [-0.1, -0.05) is 12.1 Å². The van der Waals surface area contributed by atoms with Crippen molar-refractivity contribution in [2.24, 2.45) is 10.9 Å². The number of nitrogens with zero attached hydrogens (tertiary/aromatic N) is 1. The topological polar surface area (TPSA) is 64.1 Å². The van der Waals surface area contributed by atoms with Gasteiger partial charge in [-0.3, -0.25) is 4.99 Å².